The lowest BCUT2D eigenvalue weighted by Crippen LogP contribution is -2.34. The molecule has 3 aromatic rings. The van der Waals surface area contributed by atoms with Crippen molar-refractivity contribution in [1.82, 2.24) is 19.4 Å². The minimum absolute atomic E-state index is 0.323. The third-order valence-electron chi connectivity index (χ3n) is 4.60. The van der Waals surface area contributed by atoms with Crippen LogP contribution >= 0.6 is 0 Å². The lowest BCUT2D eigenvalue weighted by Gasteiger charge is -2.33. The fraction of sp³-hybridized carbons (Fsp3) is 0.263. The van der Waals surface area contributed by atoms with Gasteiger partial charge in [0.2, 0.25) is 0 Å². The molecule has 0 saturated heterocycles. The minimum atomic E-state index is 0.323. The molecular weight excluding hydrogens is 284 g/mol. The van der Waals surface area contributed by atoms with Crippen LogP contribution in [0, 0.1) is 0 Å². The van der Waals surface area contributed by atoms with E-state index in [1.54, 1.807) is 0 Å². The summed E-state index contributed by atoms with van der Waals surface area (Å²) >= 11 is 0. The normalized spacial score (nSPS) is 17.9. The Kier molecular flexibility index (Phi) is 3.67. The molecule has 4 heteroatoms. The van der Waals surface area contributed by atoms with Crippen molar-refractivity contribution in [1.29, 1.82) is 0 Å². The number of hydrogen-bond acceptors (Lipinski definition) is 3. The average molecular weight is 304 g/mol. The Morgan fingerprint density at radius 2 is 1.87 bits per heavy atom. The predicted octanol–water partition coefficient (Wildman–Crippen LogP) is 3.39. The van der Waals surface area contributed by atoms with E-state index in [2.05, 4.69) is 56.7 Å². The number of rotatable bonds is 3. The van der Waals surface area contributed by atoms with Crippen LogP contribution in [0.4, 0.5) is 0 Å². The van der Waals surface area contributed by atoms with Crippen LogP contribution in [0.3, 0.4) is 0 Å². The molecule has 2 aromatic heterocycles. The van der Waals surface area contributed by atoms with Gasteiger partial charge in [0.05, 0.1) is 17.4 Å². The maximum absolute atomic E-state index is 4.69. The molecule has 0 fully saturated rings. The van der Waals surface area contributed by atoms with Crippen LogP contribution in [-0.2, 0) is 13.0 Å². The van der Waals surface area contributed by atoms with Crippen LogP contribution in [0.15, 0.2) is 61.1 Å². The fourth-order valence-corrected chi connectivity index (χ4v) is 3.33. The Hall–Kier alpha value is -2.46. The molecule has 1 unspecified atom stereocenters. The number of pyridine rings is 1. The SMILES string of the molecule is CC1c2ncn(-c3ccccn3)c2CCN1Cc1ccccc1. The van der Waals surface area contributed by atoms with E-state index in [-0.39, 0.29) is 0 Å². The molecule has 0 saturated carbocycles. The molecule has 1 atom stereocenters. The molecule has 0 radical (unpaired) electrons. The lowest BCUT2D eigenvalue weighted by molar-refractivity contribution is 0.185. The van der Waals surface area contributed by atoms with E-state index in [0.29, 0.717) is 6.04 Å². The molecule has 0 spiro atoms. The van der Waals surface area contributed by atoms with Gasteiger partial charge in [-0.2, -0.15) is 0 Å². The van der Waals surface area contributed by atoms with Crippen LogP contribution in [0.2, 0.25) is 0 Å². The first kappa shape index (κ1) is 14.2. The number of nitrogens with zero attached hydrogens (tertiary/aromatic N) is 4. The van der Waals surface area contributed by atoms with E-state index in [1.165, 1.54) is 17.0 Å². The van der Waals surface area contributed by atoms with E-state index in [9.17, 15) is 0 Å². The van der Waals surface area contributed by atoms with Gasteiger partial charge in [-0.25, -0.2) is 9.97 Å². The van der Waals surface area contributed by atoms with Crippen LogP contribution in [-0.4, -0.2) is 26.0 Å². The van der Waals surface area contributed by atoms with Crippen molar-refractivity contribution >= 4 is 0 Å². The first-order chi connectivity index (χ1) is 11.3. The smallest absolute Gasteiger partial charge is 0.138 e. The van der Waals surface area contributed by atoms with Gasteiger partial charge in [0.15, 0.2) is 0 Å². The van der Waals surface area contributed by atoms with Crippen molar-refractivity contribution in [3.05, 3.63) is 78.0 Å². The summed E-state index contributed by atoms with van der Waals surface area (Å²) in [7, 11) is 0. The summed E-state index contributed by atoms with van der Waals surface area (Å²) in [5.41, 5.74) is 3.82. The van der Waals surface area contributed by atoms with Crippen LogP contribution in [0.1, 0.15) is 29.9 Å². The zero-order valence-electron chi connectivity index (χ0n) is 13.3. The molecule has 1 aromatic carbocycles. The van der Waals surface area contributed by atoms with Crippen LogP contribution < -0.4 is 0 Å². The number of benzene rings is 1. The minimum Gasteiger partial charge on any atom is -0.290 e. The molecule has 4 rings (SSSR count). The quantitative estimate of drug-likeness (QED) is 0.744. The molecule has 23 heavy (non-hydrogen) atoms. The van der Waals surface area contributed by atoms with Gasteiger partial charge >= 0.3 is 0 Å². The van der Waals surface area contributed by atoms with Crippen molar-refractivity contribution in [3.8, 4) is 5.82 Å². The van der Waals surface area contributed by atoms with E-state index in [0.717, 1.165) is 25.3 Å². The highest BCUT2D eigenvalue weighted by molar-refractivity contribution is 5.31. The van der Waals surface area contributed by atoms with E-state index in [1.807, 2.05) is 30.7 Å². The number of fused-ring (bicyclic) bond motifs is 1. The molecule has 4 nitrogen and oxygen atoms in total. The van der Waals surface area contributed by atoms with Gasteiger partial charge in [0.1, 0.15) is 12.1 Å². The highest BCUT2D eigenvalue weighted by atomic mass is 15.2. The van der Waals surface area contributed by atoms with Gasteiger partial charge in [-0.05, 0) is 24.6 Å². The third kappa shape index (κ3) is 2.66. The Morgan fingerprint density at radius 3 is 2.65 bits per heavy atom. The molecule has 0 aliphatic carbocycles. The summed E-state index contributed by atoms with van der Waals surface area (Å²) < 4.78 is 2.13. The Bertz CT molecular complexity index is 780. The second-order valence-electron chi connectivity index (χ2n) is 6.02. The maximum atomic E-state index is 4.69. The summed E-state index contributed by atoms with van der Waals surface area (Å²) in [6, 6.07) is 17.0. The zero-order valence-corrected chi connectivity index (χ0v) is 13.3. The molecule has 3 heterocycles. The van der Waals surface area contributed by atoms with Crippen LogP contribution in [0.25, 0.3) is 5.82 Å². The second kappa shape index (κ2) is 5.97. The van der Waals surface area contributed by atoms with Gasteiger partial charge in [-0.1, -0.05) is 36.4 Å². The Morgan fingerprint density at radius 1 is 1.04 bits per heavy atom. The number of imidazole rings is 1. The summed E-state index contributed by atoms with van der Waals surface area (Å²) in [5, 5.41) is 0. The second-order valence-corrected chi connectivity index (χ2v) is 6.02. The topological polar surface area (TPSA) is 34.0 Å². The summed E-state index contributed by atoms with van der Waals surface area (Å²) in [6.07, 6.45) is 4.74. The van der Waals surface area contributed by atoms with Crippen molar-refractivity contribution in [3.63, 3.8) is 0 Å². The standard InChI is InChI=1S/C19H20N4/c1-15-19-17(23(14-21-19)18-9-5-6-11-20-18)10-12-22(15)13-16-7-3-2-4-8-16/h2-9,11,14-15H,10,12-13H2,1H3. The Balaban J connectivity index is 1.61. The van der Waals surface area contributed by atoms with Gasteiger partial charge in [0.25, 0.3) is 0 Å². The molecule has 1 aliphatic heterocycles. The molecule has 0 N–H and O–H groups in total. The van der Waals surface area contributed by atoms with Crippen molar-refractivity contribution in [2.24, 2.45) is 0 Å². The summed E-state index contributed by atoms with van der Waals surface area (Å²) in [5.74, 6) is 0.949. The summed E-state index contributed by atoms with van der Waals surface area (Å²) in [6.45, 7) is 4.26. The van der Waals surface area contributed by atoms with Gasteiger partial charge < -0.3 is 0 Å². The molecule has 0 bridgehead atoms. The Labute approximate surface area is 136 Å². The van der Waals surface area contributed by atoms with Crippen molar-refractivity contribution in [2.45, 2.75) is 25.9 Å². The molecule has 1 aliphatic rings. The van der Waals surface area contributed by atoms with Crippen molar-refractivity contribution in [2.75, 3.05) is 6.54 Å². The van der Waals surface area contributed by atoms with E-state index >= 15 is 0 Å². The first-order valence-corrected chi connectivity index (χ1v) is 8.08. The average Bonchev–Trinajstić information content (AvgIpc) is 3.04. The van der Waals surface area contributed by atoms with E-state index < -0.39 is 0 Å². The monoisotopic (exact) mass is 304 g/mol. The number of hydrogen-bond donors (Lipinski definition) is 0. The third-order valence-corrected chi connectivity index (χ3v) is 4.60. The molecular formula is C19H20N4. The lowest BCUT2D eigenvalue weighted by atomic mass is 10.0. The van der Waals surface area contributed by atoms with Gasteiger partial charge in [-0.15, -0.1) is 0 Å². The predicted molar refractivity (Wildman–Crippen MR) is 90.3 cm³/mol. The highest BCUT2D eigenvalue weighted by Gasteiger charge is 2.28. The number of aromatic nitrogens is 3. The molecule has 0 amide bonds. The summed E-state index contributed by atoms with van der Waals surface area (Å²) in [4.78, 5) is 11.6. The van der Waals surface area contributed by atoms with Crippen LogP contribution in [0.5, 0.6) is 0 Å². The first-order valence-electron chi connectivity index (χ1n) is 8.08. The fourth-order valence-electron chi connectivity index (χ4n) is 3.33. The molecule has 116 valence electrons. The largest absolute Gasteiger partial charge is 0.290 e. The highest BCUT2D eigenvalue weighted by Crippen LogP contribution is 2.30. The van der Waals surface area contributed by atoms with Gasteiger partial charge in [-0.3, -0.25) is 9.47 Å². The van der Waals surface area contributed by atoms with E-state index in [4.69, 9.17) is 0 Å². The maximum Gasteiger partial charge on any atom is 0.138 e. The zero-order chi connectivity index (χ0) is 15.6. The van der Waals surface area contributed by atoms with Gasteiger partial charge in [0, 0.05) is 25.7 Å². The van der Waals surface area contributed by atoms with Crippen molar-refractivity contribution < 1.29 is 0 Å².